The summed E-state index contributed by atoms with van der Waals surface area (Å²) in [6.07, 6.45) is 0. The van der Waals surface area contributed by atoms with Crippen molar-refractivity contribution >= 4 is 69.0 Å². The molecule has 0 fully saturated rings. The molecule has 0 amide bonds. The third kappa shape index (κ3) is 9.18. The maximum atomic E-state index is 13.2. The van der Waals surface area contributed by atoms with Crippen molar-refractivity contribution in [2.45, 2.75) is 9.79 Å². The average Bonchev–Trinajstić information content (AvgIpc) is 3.01. The Morgan fingerprint density at radius 1 is 0.553 bits per heavy atom. The Hall–Kier alpha value is -4.72. The predicted octanol–water partition coefficient (Wildman–Crippen LogP) is 8.66. The van der Waals surface area contributed by atoms with Crippen LogP contribution in [0.4, 0.5) is 28.9 Å². The number of aromatic nitrogens is 2. The topological polar surface area (TPSA) is 124 Å². The third-order valence-corrected chi connectivity index (χ3v) is 7.70. The maximum Gasteiger partial charge on any atom is 0.354 e. The van der Waals surface area contributed by atoms with E-state index in [0.717, 1.165) is 46.8 Å². The van der Waals surface area contributed by atoms with Crippen molar-refractivity contribution in [3.8, 4) is 0 Å². The molecule has 0 aliphatic rings. The summed E-state index contributed by atoms with van der Waals surface area (Å²) in [6.45, 7) is 0. The number of nitrogens with zero attached hydrogens (tertiary/aromatic N) is 2. The van der Waals surface area contributed by atoms with Gasteiger partial charge in [-0.15, -0.1) is 0 Å². The van der Waals surface area contributed by atoms with Gasteiger partial charge in [0.25, 0.3) is 0 Å². The molecule has 8 nitrogen and oxygen atoms in total. The zero-order chi connectivity index (χ0) is 32.8. The molecule has 0 bridgehead atoms. The average molecular weight is 730 g/mol. The van der Waals surface area contributed by atoms with Crippen LogP contribution < -0.4 is 9.44 Å². The van der Waals surface area contributed by atoms with E-state index in [9.17, 15) is 27.2 Å². The van der Waals surface area contributed by atoms with Gasteiger partial charge in [-0.1, -0.05) is 36.4 Å². The number of hydrogen-bond acceptors (Lipinski definition) is 8. The Morgan fingerprint density at radius 2 is 0.915 bits per heavy atom. The molecule has 6 aromatic rings. The van der Waals surface area contributed by atoms with Crippen LogP contribution in [0.1, 0.15) is 21.0 Å². The Kier molecular flexibility index (Phi) is 11.8. The fourth-order valence-corrected chi connectivity index (χ4v) is 5.57. The van der Waals surface area contributed by atoms with Crippen molar-refractivity contribution in [2.24, 2.45) is 0 Å². The van der Waals surface area contributed by atoms with Crippen molar-refractivity contribution in [1.82, 2.24) is 9.97 Å². The molecule has 4 aromatic carbocycles. The fraction of sp³-hybridized carbons (Fsp3) is 0. The number of pyridine rings is 2. The zero-order valence-electron chi connectivity index (χ0n) is 23.9. The Bertz CT molecular complexity index is 1920. The van der Waals surface area contributed by atoms with Gasteiger partial charge in [0, 0.05) is 52.2 Å². The number of para-hydroxylation sites is 2. The first kappa shape index (κ1) is 35.1. The van der Waals surface area contributed by atoms with Gasteiger partial charge in [0.1, 0.15) is 34.7 Å². The third-order valence-electron chi connectivity index (χ3n) is 6.11. The first-order valence-electron chi connectivity index (χ1n) is 13.1. The second-order valence-electron chi connectivity index (χ2n) is 9.38. The van der Waals surface area contributed by atoms with Crippen LogP contribution in [0.15, 0.2) is 107 Å². The molecule has 0 saturated carbocycles. The molecule has 0 radical (unpaired) electrons. The van der Waals surface area contributed by atoms with Gasteiger partial charge in [-0.3, -0.25) is 0 Å². The van der Waals surface area contributed by atoms with Gasteiger partial charge in [-0.25, -0.2) is 37.1 Å². The van der Waals surface area contributed by atoms with E-state index in [-0.39, 0.29) is 30.9 Å². The molecule has 4 N–H and O–H groups in total. The van der Waals surface area contributed by atoms with Crippen LogP contribution in [0, 0.1) is 23.3 Å². The summed E-state index contributed by atoms with van der Waals surface area (Å²) in [6, 6.07) is 23.1. The van der Waals surface area contributed by atoms with E-state index < -0.39 is 35.2 Å². The molecule has 0 aliphatic carbocycles. The van der Waals surface area contributed by atoms with E-state index in [1.807, 2.05) is 0 Å². The van der Waals surface area contributed by atoms with Gasteiger partial charge < -0.3 is 19.7 Å². The quantitative estimate of drug-likeness (QED) is 0.0688. The summed E-state index contributed by atoms with van der Waals surface area (Å²) >= 11 is 2.03. The van der Waals surface area contributed by atoms with Crippen molar-refractivity contribution < 1.29 is 56.8 Å². The number of benzene rings is 4. The smallest absolute Gasteiger partial charge is 0.354 e. The molecule has 0 atom stereocenters. The van der Waals surface area contributed by atoms with E-state index >= 15 is 0 Å². The van der Waals surface area contributed by atoms with Gasteiger partial charge in [0.2, 0.25) is 0 Å². The minimum atomic E-state index is -1.12. The van der Waals surface area contributed by atoms with Gasteiger partial charge in [0.15, 0.2) is 0 Å². The minimum Gasteiger partial charge on any atom is -0.477 e. The molecule has 2 heterocycles. The largest absolute Gasteiger partial charge is 0.477 e. The number of anilines is 2. The first-order chi connectivity index (χ1) is 22.0. The molecular weight excluding hydrogens is 710 g/mol. The van der Waals surface area contributed by atoms with E-state index in [4.69, 9.17) is 10.2 Å². The molecule has 15 heteroatoms. The van der Waals surface area contributed by atoms with E-state index in [1.165, 1.54) is 36.4 Å². The van der Waals surface area contributed by atoms with Gasteiger partial charge in [-0.2, -0.15) is 0 Å². The SMILES string of the molecule is O=C(O)c1ccc2cccc(NSc3cc(F)cc(F)c3)c2n1.O=C(O)c1ccc2cccc(NSc3cc(F)cc(F)c3)c2n1.[Zn]. The number of hydrogen-bond donors (Lipinski definition) is 4. The number of aromatic carboxylic acids is 2. The zero-order valence-corrected chi connectivity index (χ0v) is 28.5. The van der Waals surface area contributed by atoms with Crippen molar-refractivity contribution in [3.05, 3.63) is 132 Å². The summed E-state index contributed by atoms with van der Waals surface area (Å²) in [5, 5.41) is 19.6. The first-order valence-corrected chi connectivity index (χ1v) is 14.7. The van der Waals surface area contributed by atoms with E-state index in [2.05, 4.69) is 19.4 Å². The Balaban J connectivity index is 0.000000208. The fourth-order valence-electron chi connectivity index (χ4n) is 4.10. The molecule has 234 valence electrons. The van der Waals surface area contributed by atoms with Crippen LogP contribution in [0.25, 0.3) is 21.8 Å². The van der Waals surface area contributed by atoms with Crippen LogP contribution in [-0.4, -0.2) is 32.1 Å². The van der Waals surface area contributed by atoms with Crippen molar-refractivity contribution in [2.75, 3.05) is 9.44 Å². The molecule has 0 spiro atoms. The maximum absolute atomic E-state index is 13.2. The van der Waals surface area contributed by atoms with Gasteiger partial charge in [-0.05, 0) is 72.4 Å². The van der Waals surface area contributed by atoms with Crippen LogP contribution in [0.5, 0.6) is 0 Å². The van der Waals surface area contributed by atoms with Crippen LogP contribution in [-0.2, 0) is 19.5 Å². The van der Waals surface area contributed by atoms with E-state index in [0.29, 0.717) is 32.2 Å². The minimum absolute atomic E-state index is 0. The van der Waals surface area contributed by atoms with Crippen LogP contribution in [0.2, 0.25) is 0 Å². The molecule has 0 saturated heterocycles. The Morgan fingerprint density at radius 3 is 1.26 bits per heavy atom. The standard InChI is InChI=1S/2C16H10F2N2O2S.Zn/c2*17-10-6-11(18)8-12(7-10)23-20-13-3-1-2-9-4-5-14(16(21)22)19-15(9)13;/h2*1-8,20H,(H,21,22);. The van der Waals surface area contributed by atoms with Crippen molar-refractivity contribution in [1.29, 1.82) is 0 Å². The number of fused-ring (bicyclic) bond motifs is 2. The molecular formula is C32H20F4N4O4S2Zn. The number of nitrogens with one attached hydrogen (secondary N) is 2. The number of carboxylic acids is 2. The number of carboxylic acid groups (broad SMARTS) is 2. The molecule has 0 aliphatic heterocycles. The summed E-state index contributed by atoms with van der Waals surface area (Å²) < 4.78 is 58.7. The normalized spacial score (nSPS) is 10.5. The van der Waals surface area contributed by atoms with Gasteiger partial charge in [0.05, 0.1) is 22.4 Å². The van der Waals surface area contributed by atoms with Gasteiger partial charge >= 0.3 is 11.9 Å². The number of carbonyl (C=O) groups is 2. The summed E-state index contributed by atoms with van der Waals surface area (Å²) in [5.74, 6) is -4.92. The number of rotatable bonds is 8. The Labute approximate surface area is 285 Å². The monoisotopic (exact) mass is 728 g/mol. The second-order valence-corrected chi connectivity index (χ2v) is 11.1. The van der Waals surface area contributed by atoms with Crippen LogP contribution >= 0.6 is 23.9 Å². The summed E-state index contributed by atoms with van der Waals surface area (Å²) in [7, 11) is 0. The number of halogens is 4. The summed E-state index contributed by atoms with van der Waals surface area (Å²) in [4.78, 5) is 31.0. The van der Waals surface area contributed by atoms with E-state index in [1.54, 1.807) is 48.5 Å². The summed E-state index contributed by atoms with van der Waals surface area (Å²) in [5.41, 5.74) is 1.90. The van der Waals surface area contributed by atoms with Crippen LogP contribution in [0.3, 0.4) is 0 Å². The molecule has 0 unspecified atom stereocenters. The molecule has 2 aromatic heterocycles. The molecule has 6 rings (SSSR count). The predicted molar refractivity (Wildman–Crippen MR) is 169 cm³/mol. The second kappa shape index (κ2) is 15.7. The van der Waals surface area contributed by atoms with Crippen molar-refractivity contribution in [3.63, 3.8) is 0 Å². The molecule has 47 heavy (non-hydrogen) atoms.